The lowest BCUT2D eigenvalue weighted by Crippen LogP contribution is -2.41. The lowest BCUT2D eigenvalue weighted by Gasteiger charge is -2.14. The van der Waals surface area contributed by atoms with E-state index in [4.69, 9.17) is 0 Å². The average Bonchev–Trinajstić information content (AvgIpc) is 2.56. The summed E-state index contributed by atoms with van der Waals surface area (Å²) in [7, 11) is 0. The Labute approximate surface area is 146 Å². The number of rotatable bonds is 5. The molecule has 1 unspecified atom stereocenters. The molecule has 8 heteroatoms. The van der Waals surface area contributed by atoms with Crippen molar-refractivity contribution in [1.82, 2.24) is 5.32 Å². The van der Waals surface area contributed by atoms with Crippen LogP contribution in [0.2, 0.25) is 0 Å². The van der Waals surface area contributed by atoms with Crippen LogP contribution in [0, 0.1) is 10.1 Å². The number of halogens is 1. The van der Waals surface area contributed by atoms with Crippen LogP contribution in [0.1, 0.15) is 17.3 Å². The van der Waals surface area contributed by atoms with Crippen molar-refractivity contribution < 1.29 is 14.5 Å². The molecule has 0 saturated carbocycles. The van der Waals surface area contributed by atoms with Gasteiger partial charge < -0.3 is 10.6 Å². The van der Waals surface area contributed by atoms with Crippen LogP contribution in [0.5, 0.6) is 0 Å². The Balaban J connectivity index is 2.00. The molecule has 24 heavy (non-hydrogen) atoms. The molecule has 0 radical (unpaired) electrons. The van der Waals surface area contributed by atoms with Gasteiger partial charge in [-0.25, -0.2) is 0 Å². The van der Waals surface area contributed by atoms with Crippen LogP contribution >= 0.6 is 15.9 Å². The maximum Gasteiger partial charge on any atom is 0.270 e. The summed E-state index contributed by atoms with van der Waals surface area (Å²) in [5, 5.41) is 15.9. The van der Waals surface area contributed by atoms with Gasteiger partial charge in [-0.1, -0.05) is 22.0 Å². The van der Waals surface area contributed by atoms with Crippen molar-refractivity contribution in [3.8, 4) is 0 Å². The number of non-ortho nitro benzene ring substituents is 1. The molecule has 0 aromatic heterocycles. The lowest BCUT2D eigenvalue weighted by atomic mass is 10.1. The maximum absolute atomic E-state index is 12.1. The molecule has 1 atom stereocenters. The summed E-state index contributed by atoms with van der Waals surface area (Å²) in [6, 6.07) is 11.5. The second-order valence-electron chi connectivity index (χ2n) is 5.00. The molecule has 7 nitrogen and oxygen atoms in total. The number of hydrogen-bond acceptors (Lipinski definition) is 4. The number of carbonyl (C=O) groups excluding carboxylic acids is 2. The molecule has 0 spiro atoms. The van der Waals surface area contributed by atoms with Crippen molar-refractivity contribution in [2.45, 2.75) is 13.0 Å². The number of carbonyl (C=O) groups is 2. The van der Waals surface area contributed by atoms with Crippen molar-refractivity contribution in [1.29, 1.82) is 0 Å². The first-order valence-corrected chi connectivity index (χ1v) is 7.78. The van der Waals surface area contributed by atoms with E-state index in [9.17, 15) is 19.7 Å². The summed E-state index contributed by atoms with van der Waals surface area (Å²) in [4.78, 5) is 34.4. The Kier molecular flexibility index (Phi) is 5.64. The Hall–Kier alpha value is -2.74. The molecule has 0 aliphatic rings. The van der Waals surface area contributed by atoms with Crippen LogP contribution in [-0.4, -0.2) is 22.8 Å². The van der Waals surface area contributed by atoms with Crippen LogP contribution < -0.4 is 10.6 Å². The molecule has 0 fully saturated rings. The number of nitro groups is 1. The molecule has 2 rings (SSSR count). The molecule has 2 N–H and O–H groups in total. The summed E-state index contributed by atoms with van der Waals surface area (Å²) in [6.07, 6.45) is 0. The van der Waals surface area contributed by atoms with Crippen LogP contribution in [0.3, 0.4) is 0 Å². The van der Waals surface area contributed by atoms with Crippen molar-refractivity contribution >= 4 is 39.1 Å². The smallest absolute Gasteiger partial charge is 0.270 e. The fourth-order valence-corrected chi connectivity index (χ4v) is 2.15. The van der Waals surface area contributed by atoms with E-state index >= 15 is 0 Å². The second-order valence-corrected chi connectivity index (χ2v) is 5.91. The molecule has 2 aromatic carbocycles. The van der Waals surface area contributed by atoms with Crippen molar-refractivity contribution in [2.75, 3.05) is 5.32 Å². The standard InChI is InChI=1S/C16H14BrN3O4/c1-10(15(21)19-13-7-5-12(17)6-8-13)18-16(22)11-3-2-4-14(9-11)20(23)24/h2-10H,1H3,(H,18,22)(H,19,21). The predicted octanol–water partition coefficient (Wildman–Crippen LogP) is 3.11. The van der Waals surface area contributed by atoms with E-state index in [1.807, 2.05) is 0 Å². The number of benzene rings is 2. The first-order chi connectivity index (χ1) is 11.4. The Bertz CT molecular complexity index is 777. The van der Waals surface area contributed by atoms with E-state index in [0.29, 0.717) is 5.69 Å². The van der Waals surface area contributed by atoms with Gasteiger partial charge in [0.05, 0.1) is 4.92 Å². The van der Waals surface area contributed by atoms with E-state index < -0.39 is 22.8 Å². The van der Waals surface area contributed by atoms with E-state index in [1.165, 1.54) is 25.1 Å². The third-order valence-corrected chi connectivity index (χ3v) is 3.70. The molecule has 0 bridgehead atoms. The van der Waals surface area contributed by atoms with Gasteiger partial charge in [0.15, 0.2) is 0 Å². The number of nitrogens with zero attached hydrogens (tertiary/aromatic N) is 1. The highest BCUT2D eigenvalue weighted by atomic mass is 79.9. The lowest BCUT2D eigenvalue weighted by molar-refractivity contribution is -0.384. The highest BCUT2D eigenvalue weighted by molar-refractivity contribution is 9.10. The zero-order valence-electron chi connectivity index (χ0n) is 12.7. The number of amides is 2. The number of anilines is 1. The minimum absolute atomic E-state index is 0.118. The molecule has 0 aliphatic heterocycles. The number of nitrogens with one attached hydrogen (secondary N) is 2. The van der Waals surface area contributed by atoms with Crippen LogP contribution in [0.4, 0.5) is 11.4 Å². The topological polar surface area (TPSA) is 101 Å². The van der Waals surface area contributed by atoms with Gasteiger partial charge >= 0.3 is 0 Å². The summed E-state index contributed by atoms with van der Waals surface area (Å²) in [6.45, 7) is 1.53. The van der Waals surface area contributed by atoms with E-state index in [2.05, 4.69) is 26.6 Å². The Morgan fingerprint density at radius 1 is 1.17 bits per heavy atom. The van der Waals surface area contributed by atoms with Crippen molar-refractivity contribution in [3.63, 3.8) is 0 Å². The largest absolute Gasteiger partial charge is 0.341 e. The average molecular weight is 392 g/mol. The zero-order chi connectivity index (χ0) is 17.7. The quantitative estimate of drug-likeness (QED) is 0.603. The first kappa shape index (κ1) is 17.6. The minimum Gasteiger partial charge on any atom is -0.341 e. The van der Waals surface area contributed by atoms with Gasteiger partial charge in [-0.05, 0) is 37.3 Å². The van der Waals surface area contributed by atoms with Gasteiger partial charge in [0.2, 0.25) is 5.91 Å². The fraction of sp³-hybridized carbons (Fsp3) is 0.125. The van der Waals surface area contributed by atoms with Gasteiger partial charge in [0, 0.05) is 27.9 Å². The minimum atomic E-state index is -0.805. The highest BCUT2D eigenvalue weighted by Crippen LogP contribution is 2.15. The van der Waals surface area contributed by atoms with Gasteiger partial charge in [0.1, 0.15) is 6.04 Å². The van der Waals surface area contributed by atoms with Crippen LogP contribution in [-0.2, 0) is 4.79 Å². The Morgan fingerprint density at radius 3 is 2.46 bits per heavy atom. The summed E-state index contributed by atoms with van der Waals surface area (Å²) in [5.74, 6) is -0.951. The molecular weight excluding hydrogens is 378 g/mol. The zero-order valence-corrected chi connectivity index (χ0v) is 14.2. The van der Waals surface area contributed by atoms with Gasteiger partial charge in [-0.15, -0.1) is 0 Å². The molecule has 2 amide bonds. The molecule has 2 aromatic rings. The van der Waals surface area contributed by atoms with Gasteiger partial charge in [-0.2, -0.15) is 0 Å². The second kappa shape index (κ2) is 7.69. The monoisotopic (exact) mass is 391 g/mol. The molecule has 0 heterocycles. The highest BCUT2D eigenvalue weighted by Gasteiger charge is 2.18. The van der Waals surface area contributed by atoms with Crippen molar-refractivity contribution in [2.24, 2.45) is 0 Å². The normalized spacial score (nSPS) is 11.4. The van der Waals surface area contributed by atoms with Gasteiger partial charge in [-0.3, -0.25) is 19.7 Å². The molecular formula is C16H14BrN3O4. The predicted molar refractivity (Wildman–Crippen MR) is 92.8 cm³/mol. The van der Waals surface area contributed by atoms with E-state index in [-0.39, 0.29) is 11.3 Å². The fourth-order valence-electron chi connectivity index (χ4n) is 1.89. The van der Waals surface area contributed by atoms with Crippen molar-refractivity contribution in [3.05, 3.63) is 68.7 Å². The Morgan fingerprint density at radius 2 is 1.83 bits per heavy atom. The molecule has 0 aliphatic carbocycles. The summed E-state index contributed by atoms with van der Waals surface area (Å²) >= 11 is 3.30. The SMILES string of the molecule is CC(NC(=O)c1cccc([N+](=O)[O-])c1)C(=O)Nc1ccc(Br)cc1. The number of nitro benzene ring substituents is 1. The molecule has 0 saturated heterocycles. The summed E-state index contributed by atoms with van der Waals surface area (Å²) < 4.78 is 0.882. The summed E-state index contributed by atoms with van der Waals surface area (Å²) in [5.41, 5.74) is 0.529. The third kappa shape index (κ3) is 4.63. The maximum atomic E-state index is 12.1. The van der Waals surface area contributed by atoms with Gasteiger partial charge in [0.25, 0.3) is 11.6 Å². The number of hydrogen-bond donors (Lipinski definition) is 2. The molecule has 124 valence electrons. The van der Waals surface area contributed by atoms with E-state index in [0.717, 1.165) is 10.5 Å². The van der Waals surface area contributed by atoms with Crippen LogP contribution in [0.15, 0.2) is 53.0 Å². The first-order valence-electron chi connectivity index (χ1n) is 6.98. The third-order valence-electron chi connectivity index (χ3n) is 3.17. The van der Waals surface area contributed by atoms with E-state index in [1.54, 1.807) is 24.3 Å². The van der Waals surface area contributed by atoms with Crippen LogP contribution in [0.25, 0.3) is 0 Å².